The number of nitrogens with one attached hydrogen (secondary N) is 1. The first-order valence-corrected chi connectivity index (χ1v) is 7.94. The van der Waals surface area contributed by atoms with Gasteiger partial charge in [-0.05, 0) is 37.2 Å². The lowest BCUT2D eigenvalue weighted by Crippen LogP contribution is -2.44. The van der Waals surface area contributed by atoms with Crippen molar-refractivity contribution in [3.8, 4) is 0 Å². The highest BCUT2D eigenvalue weighted by molar-refractivity contribution is 5.99. The van der Waals surface area contributed by atoms with Gasteiger partial charge in [0.25, 0.3) is 5.91 Å². The molecular formula is C16H24N4O. The van der Waals surface area contributed by atoms with E-state index in [9.17, 15) is 4.79 Å². The van der Waals surface area contributed by atoms with Gasteiger partial charge in [-0.25, -0.2) is 0 Å². The summed E-state index contributed by atoms with van der Waals surface area (Å²) < 4.78 is 0. The van der Waals surface area contributed by atoms with Gasteiger partial charge in [-0.15, -0.1) is 0 Å². The summed E-state index contributed by atoms with van der Waals surface area (Å²) in [6, 6.07) is 1.74. The summed E-state index contributed by atoms with van der Waals surface area (Å²) in [5.41, 5.74) is 4.31. The summed E-state index contributed by atoms with van der Waals surface area (Å²) in [6.45, 7) is 1.72. The number of amides is 1. The van der Waals surface area contributed by atoms with Crippen molar-refractivity contribution in [3.63, 3.8) is 0 Å². The quantitative estimate of drug-likeness (QED) is 0.648. The first-order valence-electron chi connectivity index (χ1n) is 7.94. The Balaban J connectivity index is 1.67. The van der Waals surface area contributed by atoms with E-state index in [1.54, 1.807) is 18.5 Å². The standard InChI is InChI=1S/C16H24N4O/c17-19-14-4-9-18-12-13(14)15(21)20-10-7-16(8-11-20)5-2-1-3-6-16/h4,9,12H,1-3,5-8,10-11,17H2,(H,18,19). The second-order valence-electron chi connectivity index (χ2n) is 6.42. The number of carbonyl (C=O) groups excluding carboxylic acids is 1. The number of hydrogen-bond acceptors (Lipinski definition) is 4. The van der Waals surface area contributed by atoms with E-state index >= 15 is 0 Å². The minimum Gasteiger partial charge on any atom is -0.338 e. The van der Waals surface area contributed by atoms with E-state index in [1.807, 2.05) is 4.90 Å². The fourth-order valence-electron chi connectivity index (χ4n) is 3.85. The summed E-state index contributed by atoms with van der Waals surface area (Å²) in [5.74, 6) is 5.52. The van der Waals surface area contributed by atoms with Gasteiger partial charge in [0.05, 0.1) is 11.3 Å². The van der Waals surface area contributed by atoms with Crippen molar-refractivity contribution in [1.82, 2.24) is 9.88 Å². The average molecular weight is 288 g/mol. The normalized spacial score (nSPS) is 21.3. The van der Waals surface area contributed by atoms with E-state index in [0.717, 1.165) is 25.9 Å². The molecule has 5 heteroatoms. The molecule has 0 bridgehead atoms. The Morgan fingerprint density at radius 1 is 1.19 bits per heavy atom. The van der Waals surface area contributed by atoms with Crippen molar-refractivity contribution in [2.75, 3.05) is 18.5 Å². The van der Waals surface area contributed by atoms with E-state index in [4.69, 9.17) is 5.84 Å². The molecule has 0 radical (unpaired) electrons. The molecule has 3 rings (SSSR count). The SMILES string of the molecule is NNc1ccncc1C(=O)N1CCC2(CCCCC2)CC1. The summed E-state index contributed by atoms with van der Waals surface area (Å²) in [5, 5.41) is 0. The number of nitrogens with zero attached hydrogens (tertiary/aromatic N) is 2. The third-order valence-corrected chi connectivity index (χ3v) is 5.23. The van der Waals surface area contributed by atoms with Crippen molar-refractivity contribution in [2.45, 2.75) is 44.9 Å². The second kappa shape index (κ2) is 6.02. The molecule has 1 aliphatic carbocycles. The van der Waals surface area contributed by atoms with Crippen LogP contribution in [0.4, 0.5) is 5.69 Å². The molecule has 2 fully saturated rings. The van der Waals surface area contributed by atoms with Crippen LogP contribution >= 0.6 is 0 Å². The molecule has 1 saturated carbocycles. The number of likely N-dealkylation sites (tertiary alicyclic amines) is 1. The summed E-state index contributed by atoms with van der Waals surface area (Å²) >= 11 is 0. The maximum atomic E-state index is 12.6. The minimum absolute atomic E-state index is 0.0432. The van der Waals surface area contributed by atoms with Gasteiger partial charge < -0.3 is 10.3 Å². The van der Waals surface area contributed by atoms with E-state index in [1.165, 1.54) is 32.1 Å². The van der Waals surface area contributed by atoms with Crippen molar-refractivity contribution < 1.29 is 4.79 Å². The van der Waals surface area contributed by atoms with Crippen LogP contribution in [0.1, 0.15) is 55.3 Å². The van der Waals surface area contributed by atoms with Crippen LogP contribution in [0.15, 0.2) is 18.5 Å². The van der Waals surface area contributed by atoms with Crippen molar-refractivity contribution in [2.24, 2.45) is 11.3 Å². The number of rotatable bonds is 2. The number of aromatic nitrogens is 1. The minimum atomic E-state index is 0.0432. The Bertz CT molecular complexity index is 501. The summed E-state index contributed by atoms with van der Waals surface area (Å²) in [7, 11) is 0. The number of pyridine rings is 1. The molecule has 21 heavy (non-hydrogen) atoms. The van der Waals surface area contributed by atoms with Crippen molar-refractivity contribution in [1.29, 1.82) is 0 Å². The Hall–Kier alpha value is -1.62. The molecule has 1 spiro atoms. The molecule has 1 saturated heterocycles. The monoisotopic (exact) mass is 288 g/mol. The topological polar surface area (TPSA) is 71.2 Å². The molecule has 0 atom stereocenters. The Morgan fingerprint density at radius 2 is 1.90 bits per heavy atom. The lowest BCUT2D eigenvalue weighted by atomic mass is 9.68. The third-order valence-electron chi connectivity index (χ3n) is 5.23. The van der Waals surface area contributed by atoms with Crippen molar-refractivity contribution >= 4 is 11.6 Å². The highest BCUT2D eigenvalue weighted by Crippen LogP contribution is 2.44. The van der Waals surface area contributed by atoms with E-state index in [-0.39, 0.29) is 5.91 Å². The van der Waals surface area contributed by atoms with Gasteiger partial charge >= 0.3 is 0 Å². The molecule has 1 amide bonds. The van der Waals surface area contributed by atoms with Gasteiger partial charge in [-0.2, -0.15) is 0 Å². The number of nitrogen functional groups attached to an aromatic ring is 1. The molecule has 0 unspecified atom stereocenters. The second-order valence-corrected chi connectivity index (χ2v) is 6.42. The Kier molecular flexibility index (Phi) is 4.10. The van der Waals surface area contributed by atoms with Crippen LogP contribution in [0, 0.1) is 5.41 Å². The van der Waals surface area contributed by atoms with E-state index in [2.05, 4.69) is 10.4 Å². The first kappa shape index (κ1) is 14.3. The smallest absolute Gasteiger partial charge is 0.257 e. The van der Waals surface area contributed by atoms with Crippen LogP contribution in [0.5, 0.6) is 0 Å². The van der Waals surface area contributed by atoms with Crippen LogP contribution in [0.2, 0.25) is 0 Å². The van der Waals surface area contributed by atoms with Gasteiger partial charge in [-0.3, -0.25) is 15.6 Å². The summed E-state index contributed by atoms with van der Waals surface area (Å²) in [6.07, 6.45) is 12.3. The molecule has 2 aliphatic rings. The maximum Gasteiger partial charge on any atom is 0.257 e. The molecule has 3 N–H and O–H groups in total. The van der Waals surface area contributed by atoms with Gasteiger partial charge in [-0.1, -0.05) is 19.3 Å². The predicted molar refractivity (Wildman–Crippen MR) is 82.7 cm³/mol. The Morgan fingerprint density at radius 3 is 2.57 bits per heavy atom. The fraction of sp³-hybridized carbons (Fsp3) is 0.625. The Labute approximate surface area is 125 Å². The predicted octanol–water partition coefficient (Wildman–Crippen LogP) is 2.55. The number of piperidine rings is 1. The number of anilines is 1. The van der Waals surface area contributed by atoms with Gasteiger partial charge in [0.1, 0.15) is 0 Å². The van der Waals surface area contributed by atoms with Gasteiger partial charge in [0.15, 0.2) is 0 Å². The molecule has 2 heterocycles. The highest BCUT2D eigenvalue weighted by Gasteiger charge is 2.37. The van der Waals surface area contributed by atoms with Gasteiger partial charge in [0.2, 0.25) is 0 Å². The zero-order valence-corrected chi connectivity index (χ0v) is 12.5. The zero-order chi connectivity index (χ0) is 14.7. The van der Waals surface area contributed by atoms with Crippen LogP contribution in [-0.4, -0.2) is 28.9 Å². The molecule has 114 valence electrons. The third kappa shape index (κ3) is 2.88. The van der Waals surface area contributed by atoms with E-state index in [0.29, 0.717) is 16.7 Å². The fourth-order valence-corrected chi connectivity index (χ4v) is 3.85. The van der Waals surface area contributed by atoms with E-state index < -0.39 is 0 Å². The first-order chi connectivity index (χ1) is 10.2. The number of carbonyl (C=O) groups is 1. The lowest BCUT2D eigenvalue weighted by molar-refractivity contribution is 0.0472. The molecular weight excluding hydrogens is 264 g/mol. The largest absolute Gasteiger partial charge is 0.338 e. The number of hydrogen-bond donors (Lipinski definition) is 2. The van der Waals surface area contributed by atoms with Crippen LogP contribution in [-0.2, 0) is 0 Å². The van der Waals surface area contributed by atoms with Gasteiger partial charge in [0, 0.05) is 25.5 Å². The van der Waals surface area contributed by atoms with Crippen LogP contribution in [0.3, 0.4) is 0 Å². The van der Waals surface area contributed by atoms with Crippen LogP contribution in [0.25, 0.3) is 0 Å². The van der Waals surface area contributed by atoms with Crippen molar-refractivity contribution in [3.05, 3.63) is 24.0 Å². The average Bonchev–Trinajstić information content (AvgIpc) is 2.56. The van der Waals surface area contributed by atoms with Crippen LogP contribution < -0.4 is 11.3 Å². The summed E-state index contributed by atoms with van der Waals surface area (Å²) in [4.78, 5) is 18.6. The highest BCUT2D eigenvalue weighted by atomic mass is 16.2. The number of nitrogens with two attached hydrogens (primary N) is 1. The maximum absolute atomic E-state index is 12.6. The molecule has 5 nitrogen and oxygen atoms in total. The lowest BCUT2D eigenvalue weighted by Gasteiger charge is -2.44. The molecule has 1 aromatic heterocycles. The molecule has 1 aromatic rings. The molecule has 1 aliphatic heterocycles. The zero-order valence-electron chi connectivity index (χ0n) is 12.5. The number of hydrazine groups is 1. The molecule has 0 aromatic carbocycles.